The molecular weight excluding hydrogens is 322 g/mol. The van der Waals surface area contributed by atoms with Crippen molar-refractivity contribution in [3.05, 3.63) is 23.9 Å². The number of pyridine rings is 1. The van der Waals surface area contributed by atoms with Crippen molar-refractivity contribution < 1.29 is 19.1 Å². The molecule has 7 heteroatoms. The molecule has 2 unspecified atom stereocenters. The first-order chi connectivity index (χ1) is 11.6. The largest absolute Gasteiger partial charge is 0.472 e. The van der Waals surface area contributed by atoms with Gasteiger partial charge in [0.15, 0.2) is 0 Å². The number of hydrogen-bond acceptors (Lipinski definition) is 5. The van der Waals surface area contributed by atoms with Gasteiger partial charge >= 0.3 is 6.09 Å². The molecule has 2 heterocycles. The smallest absolute Gasteiger partial charge is 0.408 e. The monoisotopic (exact) mass is 349 g/mol. The number of rotatable bonds is 4. The summed E-state index contributed by atoms with van der Waals surface area (Å²) in [6.45, 7) is 10.0. The van der Waals surface area contributed by atoms with Crippen LogP contribution in [0.25, 0.3) is 0 Å². The van der Waals surface area contributed by atoms with Gasteiger partial charge in [-0.2, -0.15) is 0 Å². The molecule has 1 N–H and O–H groups in total. The number of amides is 2. The normalized spacial score (nSPS) is 18.6. The highest BCUT2D eigenvalue weighted by Gasteiger charge is 2.31. The lowest BCUT2D eigenvalue weighted by molar-refractivity contribution is -0.132. The van der Waals surface area contributed by atoms with E-state index in [1.807, 2.05) is 19.1 Å². The maximum atomic E-state index is 12.5. The Kier molecular flexibility index (Phi) is 5.87. The van der Waals surface area contributed by atoms with Crippen LogP contribution in [-0.4, -0.2) is 52.7 Å². The molecule has 2 amide bonds. The number of alkyl carbamates (subject to hydrolysis) is 1. The quantitative estimate of drug-likeness (QED) is 0.902. The fourth-order valence-corrected chi connectivity index (χ4v) is 2.54. The second-order valence-electron chi connectivity index (χ2n) is 7.35. The molecule has 0 saturated carbocycles. The minimum Gasteiger partial charge on any atom is -0.472 e. The summed E-state index contributed by atoms with van der Waals surface area (Å²) in [5, 5.41) is 2.58. The number of nitrogens with zero attached hydrogens (tertiary/aromatic N) is 2. The van der Waals surface area contributed by atoms with Crippen molar-refractivity contribution >= 4 is 12.0 Å². The van der Waals surface area contributed by atoms with Crippen LogP contribution in [-0.2, 0) is 9.53 Å². The van der Waals surface area contributed by atoms with Gasteiger partial charge in [-0.15, -0.1) is 0 Å². The maximum absolute atomic E-state index is 12.5. The van der Waals surface area contributed by atoms with Gasteiger partial charge in [-0.3, -0.25) is 4.79 Å². The van der Waals surface area contributed by atoms with Crippen LogP contribution in [0.15, 0.2) is 18.3 Å². The van der Waals surface area contributed by atoms with Gasteiger partial charge in [-0.1, -0.05) is 6.07 Å². The second kappa shape index (κ2) is 7.72. The number of nitrogens with one attached hydrogen (secondary N) is 1. The zero-order chi connectivity index (χ0) is 18.6. The Morgan fingerprint density at radius 2 is 2.08 bits per heavy atom. The van der Waals surface area contributed by atoms with Crippen LogP contribution in [0.1, 0.15) is 39.7 Å². The summed E-state index contributed by atoms with van der Waals surface area (Å²) in [6, 6.07) is 3.12. The summed E-state index contributed by atoms with van der Waals surface area (Å²) in [4.78, 5) is 30.2. The van der Waals surface area contributed by atoms with E-state index in [-0.39, 0.29) is 12.0 Å². The summed E-state index contributed by atoms with van der Waals surface area (Å²) in [7, 11) is 0. The fraction of sp³-hybridized carbons (Fsp3) is 0.611. The Morgan fingerprint density at radius 3 is 2.68 bits per heavy atom. The molecule has 1 saturated heterocycles. The van der Waals surface area contributed by atoms with E-state index in [0.29, 0.717) is 19.0 Å². The topological polar surface area (TPSA) is 80.8 Å². The highest BCUT2D eigenvalue weighted by Crippen LogP contribution is 2.17. The number of ether oxygens (including phenoxy) is 2. The SMILES string of the molecule is Cc1ccc(OC2CCN(C(=O)C(C)NC(=O)OC(C)(C)C)C2)nc1. The lowest BCUT2D eigenvalue weighted by Gasteiger charge is -2.24. The molecular formula is C18H27N3O4. The number of likely N-dealkylation sites (tertiary alicyclic amines) is 1. The first-order valence-corrected chi connectivity index (χ1v) is 8.51. The molecule has 1 aromatic rings. The molecule has 0 spiro atoms. The Bertz CT molecular complexity index is 610. The Morgan fingerprint density at radius 1 is 1.36 bits per heavy atom. The average molecular weight is 349 g/mol. The lowest BCUT2D eigenvalue weighted by Crippen LogP contribution is -2.47. The van der Waals surface area contributed by atoms with Crippen molar-refractivity contribution in [2.24, 2.45) is 0 Å². The van der Waals surface area contributed by atoms with Gasteiger partial charge < -0.3 is 19.7 Å². The van der Waals surface area contributed by atoms with E-state index in [2.05, 4.69) is 10.3 Å². The highest BCUT2D eigenvalue weighted by molar-refractivity contribution is 5.85. The summed E-state index contributed by atoms with van der Waals surface area (Å²) in [5.41, 5.74) is 0.470. The summed E-state index contributed by atoms with van der Waals surface area (Å²) in [5.74, 6) is 0.415. The van der Waals surface area contributed by atoms with Crippen LogP contribution in [0.5, 0.6) is 5.88 Å². The lowest BCUT2D eigenvalue weighted by atomic mass is 10.2. The molecule has 0 radical (unpaired) electrons. The Labute approximate surface area is 148 Å². The Balaban J connectivity index is 1.82. The van der Waals surface area contributed by atoms with Crippen molar-refractivity contribution in [1.29, 1.82) is 0 Å². The standard InChI is InChI=1S/C18H27N3O4/c1-12-6-7-15(19-10-12)24-14-8-9-21(11-14)16(22)13(2)20-17(23)25-18(3,4)5/h6-7,10,13-14H,8-9,11H2,1-5H3,(H,20,23). The predicted octanol–water partition coefficient (Wildman–Crippen LogP) is 2.28. The molecule has 0 aromatic carbocycles. The van der Waals surface area contributed by atoms with E-state index in [1.54, 1.807) is 38.8 Å². The van der Waals surface area contributed by atoms with Gasteiger partial charge in [0, 0.05) is 25.2 Å². The second-order valence-corrected chi connectivity index (χ2v) is 7.35. The molecule has 1 aliphatic heterocycles. The number of aromatic nitrogens is 1. The molecule has 1 fully saturated rings. The zero-order valence-corrected chi connectivity index (χ0v) is 15.5. The van der Waals surface area contributed by atoms with E-state index in [4.69, 9.17) is 9.47 Å². The number of hydrogen-bond donors (Lipinski definition) is 1. The van der Waals surface area contributed by atoms with Crippen LogP contribution < -0.4 is 10.1 Å². The van der Waals surface area contributed by atoms with Crippen molar-refractivity contribution in [1.82, 2.24) is 15.2 Å². The van der Waals surface area contributed by atoms with Crippen LogP contribution in [0, 0.1) is 6.92 Å². The van der Waals surface area contributed by atoms with Crippen molar-refractivity contribution in [3.8, 4) is 5.88 Å². The molecule has 2 atom stereocenters. The maximum Gasteiger partial charge on any atom is 0.408 e. The van der Waals surface area contributed by atoms with E-state index in [1.165, 1.54) is 0 Å². The third-order valence-electron chi connectivity index (χ3n) is 3.73. The molecule has 138 valence electrons. The summed E-state index contributed by atoms with van der Waals surface area (Å²) in [6.07, 6.45) is 1.80. The van der Waals surface area contributed by atoms with Crippen LogP contribution in [0.4, 0.5) is 4.79 Å². The van der Waals surface area contributed by atoms with Crippen molar-refractivity contribution in [2.75, 3.05) is 13.1 Å². The first-order valence-electron chi connectivity index (χ1n) is 8.51. The highest BCUT2D eigenvalue weighted by atomic mass is 16.6. The van der Waals surface area contributed by atoms with Crippen LogP contribution in [0.3, 0.4) is 0 Å². The van der Waals surface area contributed by atoms with E-state index in [0.717, 1.165) is 12.0 Å². The number of carbonyl (C=O) groups excluding carboxylic acids is 2. The number of aryl methyl sites for hydroxylation is 1. The molecule has 1 aromatic heterocycles. The Hall–Kier alpha value is -2.31. The van der Waals surface area contributed by atoms with Gasteiger partial charge in [-0.05, 0) is 40.2 Å². The fourth-order valence-electron chi connectivity index (χ4n) is 2.54. The van der Waals surface area contributed by atoms with Gasteiger partial charge in [0.1, 0.15) is 17.7 Å². The van der Waals surface area contributed by atoms with Crippen LogP contribution >= 0.6 is 0 Å². The summed E-state index contributed by atoms with van der Waals surface area (Å²) < 4.78 is 11.0. The van der Waals surface area contributed by atoms with Crippen molar-refractivity contribution in [2.45, 2.75) is 58.8 Å². The first kappa shape index (κ1) is 19.0. The number of carbonyl (C=O) groups is 2. The van der Waals surface area contributed by atoms with E-state index in [9.17, 15) is 9.59 Å². The summed E-state index contributed by atoms with van der Waals surface area (Å²) >= 11 is 0. The predicted molar refractivity (Wildman–Crippen MR) is 93.4 cm³/mol. The zero-order valence-electron chi connectivity index (χ0n) is 15.5. The molecule has 25 heavy (non-hydrogen) atoms. The van der Waals surface area contributed by atoms with Gasteiger partial charge in [0.25, 0.3) is 0 Å². The third kappa shape index (κ3) is 5.92. The van der Waals surface area contributed by atoms with Crippen LogP contribution in [0.2, 0.25) is 0 Å². The van der Waals surface area contributed by atoms with E-state index < -0.39 is 17.7 Å². The van der Waals surface area contributed by atoms with Gasteiger partial charge in [0.05, 0.1) is 6.54 Å². The molecule has 2 rings (SSSR count). The average Bonchev–Trinajstić information content (AvgIpc) is 2.95. The molecule has 7 nitrogen and oxygen atoms in total. The molecule has 1 aliphatic rings. The minimum atomic E-state index is -0.647. The van der Waals surface area contributed by atoms with Crippen molar-refractivity contribution in [3.63, 3.8) is 0 Å². The van der Waals surface area contributed by atoms with E-state index >= 15 is 0 Å². The third-order valence-corrected chi connectivity index (χ3v) is 3.73. The van der Waals surface area contributed by atoms with Gasteiger partial charge in [0.2, 0.25) is 11.8 Å². The molecule has 0 aliphatic carbocycles. The minimum absolute atomic E-state index is 0.0899. The van der Waals surface area contributed by atoms with Gasteiger partial charge in [-0.25, -0.2) is 9.78 Å². The molecule has 0 bridgehead atoms.